The van der Waals surface area contributed by atoms with E-state index in [9.17, 15) is 10.1 Å². The van der Waals surface area contributed by atoms with Gasteiger partial charge in [-0.25, -0.2) is 0 Å². The molecule has 21 heavy (non-hydrogen) atoms. The second-order valence-corrected chi connectivity index (χ2v) is 5.27. The molecule has 0 spiro atoms. The minimum atomic E-state index is -0.135. The van der Waals surface area contributed by atoms with E-state index < -0.39 is 0 Å². The molecular weight excluding hydrogens is 284 g/mol. The van der Waals surface area contributed by atoms with Gasteiger partial charge in [0, 0.05) is 33.2 Å². The van der Waals surface area contributed by atoms with Crippen LogP contribution in [-0.4, -0.2) is 10.8 Å². The maximum atomic E-state index is 12.8. The molecule has 4 heteroatoms. The van der Waals surface area contributed by atoms with Gasteiger partial charge in [-0.15, -0.1) is 0 Å². The van der Waals surface area contributed by atoms with Crippen molar-refractivity contribution in [3.8, 4) is 6.07 Å². The average Bonchev–Trinajstić information content (AvgIpc) is 2.93. The van der Waals surface area contributed by atoms with E-state index in [0.29, 0.717) is 27.1 Å². The predicted molar refractivity (Wildman–Crippen MR) is 82.6 cm³/mol. The van der Waals surface area contributed by atoms with Gasteiger partial charge >= 0.3 is 0 Å². The molecule has 0 saturated heterocycles. The maximum Gasteiger partial charge on any atom is 0.195 e. The molecule has 0 saturated carbocycles. The molecule has 0 unspecified atom stereocenters. The number of benzene rings is 2. The number of nitrogens with one attached hydrogen (secondary N) is 1. The summed E-state index contributed by atoms with van der Waals surface area (Å²) in [5.74, 6) is -0.135. The first kappa shape index (κ1) is 13.4. The Bertz CT molecular complexity index is 903. The number of ketones is 1. The molecule has 0 aliphatic rings. The molecule has 0 aliphatic carbocycles. The summed E-state index contributed by atoms with van der Waals surface area (Å²) in [4.78, 5) is 15.8. The number of nitriles is 1. The highest BCUT2D eigenvalue weighted by atomic mass is 35.5. The lowest BCUT2D eigenvalue weighted by atomic mass is 9.97. The molecule has 1 N–H and O–H groups in total. The average molecular weight is 295 g/mol. The molecular formula is C17H11ClN2O. The van der Waals surface area contributed by atoms with Crippen LogP contribution in [0.3, 0.4) is 0 Å². The molecule has 1 heterocycles. The van der Waals surface area contributed by atoms with Gasteiger partial charge < -0.3 is 4.98 Å². The normalized spacial score (nSPS) is 10.5. The number of aromatic nitrogens is 1. The second-order valence-electron chi connectivity index (χ2n) is 4.83. The van der Waals surface area contributed by atoms with Crippen molar-refractivity contribution in [3.05, 3.63) is 69.9 Å². The quantitative estimate of drug-likeness (QED) is 0.719. The third kappa shape index (κ3) is 2.20. The van der Waals surface area contributed by atoms with Crippen LogP contribution >= 0.6 is 11.6 Å². The topological polar surface area (TPSA) is 56.6 Å². The smallest absolute Gasteiger partial charge is 0.195 e. The third-order valence-electron chi connectivity index (χ3n) is 3.52. The number of halogens is 1. The number of carbonyl (C=O) groups excluding carboxylic acids is 1. The first-order valence-electron chi connectivity index (χ1n) is 6.43. The first-order valence-corrected chi connectivity index (χ1v) is 6.80. The van der Waals surface area contributed by atoms with E-state index in [0.717, 1.165) is 11.1 Å². The fraction of sp³-hybridized carbons (Fsp3) is 0.0588. The number of hydrogen-bond acceptors (Lipinski definition) is 2. The Kier molecular flexibility index (Phi) is 3.25. The van der Waals surface area contributed by atoms with E-state index in [1.165, 1.54) is 0 Å². The molecule has 2 aromatic carbocycles. The van der Waals surface area contributed by atoms with Crippen LogP contribution < -0.4 is 0 Å². The zero-order chi connectivity index (χ0) is 15.0. The van der Waals surface area contributed by atoms with E-state index in [-0.39, 0.29) is 5.78 Å². The van der Waals surface area contributed by atoms with Crippen LogP contribution in [0.2, 0.25) is 5.02 Å². The summed E-state index contributed by atoms with van der Waals surface area (Å²) in [6.45, 7) is 1.86. The number of hydrogen-bond donors (Lipinski definition) is 1. The molecule has 3 nitrogen and oxygen atoms in total. The van der Waals surface area contributed by atoms with Gasteiger partial charge in [0.25, 0.3) is 0 Å². The van der Waals surface area contributed by atoms with Crippen molar-refractivity contribution in [1.82, 2.24) is 4.98 Å². The van der Waals surface area contributed by atoms with Gasteiger partial charge in [0.1, 0.15) is 0 Å². The van der Waals surface area contributed by atoms with Crippen LogP contribution in [0.5, 0.6) is 0 Å². The van der Waals surface area contributed by atoms with E-state index in [4.69, 9.17) is 11.6 Å². The van der Waals surface area contributed by atoms with Crippen molar-refractivity contribution >= 4 is 28.3 Å². The van der Waals surface area contributed by atoms with Crippen LogP contribution in [0.15, 0.2) is 42.6 Å². The zero-order valence-corrected chi connectivity index (χ0v) is 12.0. The lowest BCUT2D eigenvalue weighted by Gasteiger charge is -2.05. The Morgan fingerprint density at radius 2 is 2.05 bits per heavy atom. The molecule has 0 amide bonds. The number of carbonyl (C=O) groups is 1. The summed E-state index contributed by atoms with van der Waals surface area (Å²) in [5.41, 5.74) is 3.16. The summed E-state index contributed by atoms with van der Waals surface area (Å²) >= 11 is 5.99. The van der Waals surface area contributed by atoms with Gasteiger partial charge in [-0.05, 0) is 36.8 Å². The number of rotatable bonds is 2. The molecule has 102 valence electrons. The van der Waals surface area contributed by atoms with Crippen LogP contribution in [0, 0.1) is 18.3 Å². The summed E-state index contributed by atoms with van der Waals surface area (Å²) in [5, 5.41) is 10.4. The number of fused-ring (bicyclic) bond motifs is 1. The Morgan fingerprint density at radius 1 is 1.24 bits per heavy atom. The Labute approximate surface area is 126 Å². The Balaban J connectivity index is 2.24. The SMILES string of the molecule is Cc1ccc(Cl)cc1C(=O)c1c[nH]c2cccc(C#N)c12. The molecule has 0 aliphatic heterocycles. The molecule has 3 rings (SSSR count). The largest absolute Gasteiger partial charge is 0.360 e. The van der Waals surface area contributed by atoms with E-state index in [2.05, 4.69) is 11.1 Å². The Hall–Kier alpha value is -2.57. The van der Waals surface area contributed by atoms with E-state index in [1.807, 2.05) is 19.1 Å². The Morgan fingerprint density at radius 3 is 2.81 bits per heavy atom. The molecule has 3 aromatic rings. The lowest BCUT2D eigenvalue weighted by Crippen LogP contribution is -2.03. The minimum Gasteiger partial charge on any atom is -0.360 e. The number of H-pyrrole nitrogens is 1. The molecule has 0 atom stereocenters. The van der Waals surface area contributed by atoms with E-state index >= 15 is 0 Å². The van der Waals surface area contributed by atoms with Crippen LogP contribution in [-0.2, 0) is 0 Å². The first-order chi connectivity index (χ1) is 10.1. The summed E-state index contributed by atoms with van der Waals surface area (Å²) in [7, 11) is 0. The fourth-order valence-corrected chi connectivity index (χ4v) is 2.61. The van der Waals surface area contributed by atoms with Gasteiger partial charge in [-0.2, -0.15) is 5.26 Å². The molecule has 0 bridgehead atoms. The highest BCUT2D eigenvalue weighted by molar-refractivity contribution is 6.31. The predicted octanol–water partition coefficient (Wildman–Crippen LogP) is 4.23. The number of aromatic amines is 1. The summed E-state index contributed by atoms with van der Waals surface area (Å²) in [6.07, 6.45) is 1.65. The van der Waals surface area contributed by atoms with Crippen molar-refractivity contribution < 1.29 is 4.79 Å². The lowest BCUT2D eigenvalue weighted by molar-refractivity contribution is 0.103. The summed E-state index contributed by atoms with van der Waals surface area (Å²) < 4.78 is 0. The van der Waals surface area contributed by atoms with E-state index in [1.54, 1.807) is 30.5 Å². The van der Waals surface area contributed by atoms with Gasteiger partial charge in [-0.1, -0.05) is 23.7 Å². The molecule has 1 aromatic heterocycles. The van der Waals surface area contributed by atoms with Crippen LogP contribution in [0.1, 0.15) is 27.0 Å². The second kappa shape index (κ2) is 5.08. The van der Waals surface area contributed by atoms with Crippen molar-refractivity contribution in [2.45, 2.75) is 6.92 Å². The van der Waals surface area contributed by atoms with Crippen molar-refractivity contribution in [2.24, 2.45) is 0 Å². The third-order valence-corrected chi connectivity index (χ3v) is 3.75. The van der Waals surface area contributed by atoms with Crippen LogP contribution in [0.25, 0.3) is 10.9 Å². The van der Waals surface area contributed by atoms with Crippen molar-refractivity contribution in [3.63, 3.8) is 0 Å². The zero-order valence-electron chi connectivity index (χ0n) is 11.3. The van der Waals surface area contributed by atoms with Gasteiger partial charge in [-0.3, -0.25) is 4.79 Å². The van der Waals surface area contributed by atoms with Crippen LogP contribution in [0.4, 0.5) is 0 Å². The van der Waals surface area contributed by atoms with Crippen molar-refractivity contribution in [2.75, 3.05) is 0 Å². The van der Waals surface area contributed by atoms with Gasteiger partial charge in [0.05, 0.1) is 11.6 Å². The molecule has 0 fully saturated rings. The monoisotopic (exact) mass is 294 g/mol. The molecule has 0 radical (unpaired) electrons. The van der Waals surface area contributed by atoms with Gasteiger partial charge in [0.15, 0.2) is 5.78 Å². The highest BCUT2D eigenvalue weighted by Gasteiger charge is 2.18. The summed E-state index contributed by atoms with van der Waals surface area (Å²) in [6, 6.07) is 12.7. The number of nitrogens with zero attached hydrogens (tertiary/aromatic N) is 1. The standard InChI is InChI=1S/C17H11ClN2O/c1-10-5-6-12(18)7-13(10)17(21)14-9-20-15-4-2-3-11(8-19)16(14)15/h2-7,9,20H,1H3. The number of aryl methyl sites for hydroxylation is 1. The highest BCUT2D eigenvalue weighted by Crippen LogP contribution is 2.26. The van der Waals surface area contributed by atoms with Crippen molar-refractivity contribution in [1.29, 1.82) is 5.26 Å². The fourth-order valence-electron chi connectivity index (χ4n) is 2.44. The maximum absolute atomic E-state index is 12.8. The van der Waals surface area contributed by atoms with Gasteiger partial charge in [0.2, 0.25) is 0 Å². The minimum absolute atomic E-state index is 0.135.